The van der Waals surface area contributed by atoms with E-state index < -0.39 is 0 Å². The highest BCUT2D eigenvalue weighted by Crippen LogP contribution is 2.31. The van der Waals surface area contributed by atoms with Gasteiger partial charge in [0.1, 0.15) is 0 Å². The highest BCUT2D eigenvalue weighted by molar-refractivity contribution is 7.79. The molecule has 0 atom stereocenters. The number of hydrogen-bond donors (Lipinski definition) is 1. The molecule has 1 aliphatic rings. The van der Waals surface area contributed by atoms with Crippen LogP contribution in [0.5, 0.6) is 0 Å². The van der Waals surface area contributed by atoms with Gasteiger partial charge in [-0.2, -0.15) is 12.6 Å². The summed E-state index contributed by atoms with van der Waals surface area (Å²) in [6.45, 7) is 9.83. The van der Waals surface area contributed by atoms with Crippen molar-refractivity contribution in [1.29, 1.82) is 0 Å². The third kappa shape index (κ3) is 2.13. The monoisotopic (exact) mass is 286 g/mol. The Morgan fingerprint density at radius 3 is 2.80 bits per heavy atom. The maximum Gasteiger partial charge on any atom is 0.0740 e. The fourth-order valence-electron chi connectivity index (χ4n) is 3.14. The Kier molecular flexibility index (Phi) is 3.74. The zero-order valence-electron chi connectivity index (χ0n) is 12.5. The number of hydrogen-bond acceptors (Lipinski definition) is 3. The minimum Gasteiger partial charge on any atom is -0.299 e. The lowest BCUT2D eigenvalue weighted by atomic mass is 9.94. The van der Waals surface area contributed by atoms with E-state index in [0.717, 1.165) is 31.8 Å². The van der Waals surface area contributed by atoms with Crippen molar-refractivity contribution in [2.75, 3.05) is 13.1 Å². The van der Waals surface area contributed by atoms with Crippen molar-refractivity contribution >= 4 is 23.5 Å². The van der Waals surface area contributed by atoms with Crippen LogP contribution in [0.2, 0.25) is 0 Å². The van der Waals surface area contributed by atoms with E-state index in [2.05, 4.69) is 50.4 Å². The zero-order valence-corrected chi connectivity index (χ0v) is 13.4. The molecule has 1 aromatic carbocycles. The molecule has 106 valence electrons. The van der Waals surface area contributed by atoms with Crippen LogP contribution in [0.15, 0.2) is 12.1 Å². The normalized spacial score (nSPS) is 15.6. The van der Waals surface area contributed by atoms with Crippen LogP contribution in [-0.2, 0) is 18.7 Å². The Bertz CT molecular complexity index is 664. The zero-order chi connectivity index (χ0) is 14.3. The smallest absolute Gasteiger partial charge is 0.0740 e. The summed E-state index contributed by atoms with van der Waals surface area (Å²) < 4.78 is 0. The summed E-state index contributed by atoms with van der Waals surface area (Å²) in [7, 11) is 0. The predicted molar refractivity (Wildman–Crippen MR) is 88.6 cm³/mol. The number of fused-ring (bicyclic) bond motifs is 2. The van der Waals surface area contributed by atoms with Gasteiger partial charge < -0.3 is 0 Å². The van der Waals surface area contributed by atoms with E-state index in [-0.39, 0.29) is 0 Å². The minimum absolute atomic E-state index is 0.793. The van der Waals surface area contributed by atoms with Gasteiger partial charge in [-0.1, -0.05) is 19.1 Å². The first-order chi connectivity index (χ1) is 9.65. The van der Waals surface area contributed by atoms with Gasteiger partial charge >= 0.3 is 0 Å². The molecule has 1 aromatic heterocycles. The molecule has 3 heteroatoms. The van der Waals surface area contributed by atoms with E-state index in [0.29, 0.717) is 0 Å². The molecule has 2 heterocycles. The number of aryl methyl sites for hydroxylation is 2. The van der Waals surface area contributed by atoms with Crippen LogP contribution in [0.25, 0.3) is 10.9 Å². The van der Waals surface area contributed by atoms with Crippen LogP contribution in [0.3, 0.4) is 0 Å². The third-order valence-corrected chi connectivity index (χ3v) is 4.95. The average Bonchev–Trinajstić information content (AvgIpc) is 2.48. The lowest BCUT2D eigenvalue weighted by Crippen LogP contribution is -2.31. The van der Waals surface area contributed by atoms with Crippen molar-refractivity contribution < 1.29 is 0 Å². The van der Waals surface area contributed by atoms with Gasteiger partial charge in [-0.05, 0) is 42.6 Å². The van der Waals surface area contributed by atoms with Gasteiger partial charge in [0.05, 0.1) is 5.52 Å². The number of benzene rings is 1. The fraction of sp³-hybridized carbons (Fsp3) is 0.471. The minimum atomic E-state index is 0.793. The van der Waals surface area contributed by atoms with E-state index in [4.69, 9.17) is 4.98 Å². The number of likely N-dealkylation sites (N-methyl/N-ethyl adjacent to an activating group) is 1. The summed E-state index contributed by atoms with van der Waals surface area (Å²) in [5.41, 5.74) is 7.91. The Morgan fingerprint density at radius 1 is 1.30 bits per heavy atom. The molecule has 20 heavy (non-hydrogen) atoms. The Balaban J connectivity index is 2.28. The average molecular weight is 286 g/mol. The molecule has 2 nitrogen and oxygen atoms in total. The van der Waals surface area contributed by atoms with E-state index in [1.807, 2.05) is 0 Å². The third-order valence-electron chi connectivity index (χ3n) is 4.64. The van der Waals surface area contributed by atoms with Gasteiger partial charge in [0, 0.05) is 36.3 Å². The van der Waals surface area contributed by atoms with Crippen molar-refractivity contribution in [3.63, 3.8) is 0 Å². The number of thiol groups is 1. The first-order valence-corrected chi connectivity index (χ1v) is 8.02. The van der Waals surface area contributed by atoms with E-state index in [9.17, 15) is 0 Å². The summed E-state index contributed by atoms with van der Waals surface area (Å²) in [5, 5.41) is 1.29. The van der Waals surface area contributed by atoms with Crippen molar-refractivity contribution in [3.05, 3.63) is 40.1 Å². The molecule has 0 radical (unpaired) electrons. The number of aromatic nitrogens is 1. The van der Waals surface area contributed by atoms with Crippen molar-refractivity contribution in [3.8, 4) is 0 Å². The maximum atomic E-state index is 4.99. The van der Waals surface area contributed by atoms with Gasteiger partial charge in [0.2, 0.25) is 0 Å². The van der Waals surface area contributed by atoms with Crippen LogP contribution < -0.4 is 0 Å². The molecule has 0 bridgehead atoms. The van der Waals surface area contributed by atoms with E-state index in [1.54, 1.807) is 0 Å². The van der Waals surface area contributed by atoms with Crippen LogP contribution in [0.1, 0.15) is 34.9 Å². The molecule has 0 N–H and O–H groups in total. The highest BCUT2D eigenvalue weighted by Gasteiger charge is 2.21. The lowest BCUT2D eigenvalue weighted by molar-refractivity contribution is 0.265. The topological polar surface area (TPSA) is 16.1 Å². The molecular formula is C17H22N2S. The number of nitrogens with zero attached hydrogens (tertiary/aromatic N) is 2. The number of pyridine rings is 1. The van der Waals surface area contributed by atoms with Gasteiger partial charge in [0.15, 0.2) is 0 Å². The van der Waals surface area contributed by atoms with Crippen LogP contribution in [0.4, 0.5) is 0 Å². The quantitative estimate of drug-likeness (QED) is 0.848. The first-order valence-electron chi connectivity index (χ1n) is 7.39. The standard InChI is InChI=1S/C17H22N2S/c1-4-19-8-7-16-14(9-19)15(10-20)13-6-5-11(2)12(3)17(13)18-16/h5-6,20H,4,7-10H2,1-3H3. The molecule has 1 aliphatic heterocycles. The Hall–Kier alpha value is -1.06. The molecular weight excluding hydrogens is 264 g/mol. The van der Waals surface area contributed by atoms with Crippen LogP contribution in [-0.4, -0.2) is 23.0 Å². The summed E-state index contributed by atoms with van der Waals surface area (Å²) >= 11 is 4.59. The van der Waals surface area contributed by atoms with Crippen LogP contribution >= 0.6 is 12.6 Å². The summed E-state index contributed by atoms with van der Waals surface area (Å²) in [5.74, 6) is 0.793. The summed E-state index contributed by atoms with van der Waals surface area (Å²) in [6.07, 6.45) is 1.06. The molecule has 0 spiro atoms. The largest absolute Gasteiger partial charge is 0.299 e. The van der Waals surface area contributed by atoms with E-state index >= 15 is 0 Å². The molecule has 0 aliphatic carbocycles. The van der Waals surface area contributed by atoms with Crippen molar-refractivity contribution in [2.24, 2.45) is 0 Å². The first kappa shape index (κ1) is 13.9. The summed E-state index contributed by atoms with van der Waals surface area (Å²) in [4.78, 5) is 7.48. The molecule has 0 amide bonds. The van der Waals surface area contributed by atoms with Crippen molar-refractivity contribution in [2.45, 2.75) is 39.5 Å². The molecule has 0 saturated heterocycles. The predicted octanol–water partition coefficient (Wildman–Crippen LogP) is 3.66. The second kappa shape index (κ2) is 5.38. The SMILES string of the molecule is CCN1CCc2nc3c(C)c(C)ccc3c(CS)c2C1. The molecule has 0 unspecified atom stereocenters. The summed E-state index contributed by atoms with van der Waals surface area (Å²) in [6, 6.07) is 4.43. The van der Waals surface area contributed by atoms with E-state index in [1.165, 1.54) is 38.9 Å². The van der Waals surface area contributed by atoms with Gasteiger partial charge in [-0.15, -0.1) is 0 Å². The lowest BCUT2D eigenvalue weighted by Gasteiger charge is -2.29. The number of rotatable bonds is 2. The Morgan fingerprint density at radius 2 is 2.10 bits per heavy atom. The fourth-order valence-corrected chi connectivity index (χ4v) is 3.50. The highest BCUT2D eigenvalue weighted by atomic mass is 32.1. The second-order valence-electron chi connectivity index (χ2n) is 5.70. The van der Waals surface area contributed by atoms with Gasteiger partial charge in [-0.25, -0.2) is 0 Å². The molecule has 0 saturated carbocycles. The Labute approximate surface area is 126 Å². The molecule has 2 aromatic rings. The van der Waals surface area contributed by atoms with Crippen molar-refractivity contribution in [1.82, 2.24) is 9.88 Å². The van der Waals surface area contributed by atoms with Crippen LogP contribution in [0, 0.1) is 13.8 Å². The maximum absolute atomic E-state index is 4.99. The van der Waals surface area contributed by atoms with Gasteiger partial charge in [-0.3, -0.25) is 9.88 Å². The molecule has 0 fully saturated rings. The molecule has 3 rings (SSSR count). The van der Waals surface area contributed by atoms with Gasteiger partial charge in [0.25, 0.3) is 0 Å². The second-order valence-corrected chi connectivity index (χ2v) is 6.01.